The van der Waals surface area contributed by atoms with Gasteiger partial charge in [-0.3, -0.25) is 4.99 Å². The van der Waals surface area contributed by atoms with E-state index in [1.807, 2.05) is 6.07 Å². The van der Waals surface area contributed by atoms with E-state index in [2.05, 4.69) is 34.4 Å². The highest BCUT2D eigenvalue weighted by Gasteiger charge is 2.01. The Labute approximate surface area is 127 Å². The van der Waals surface area contributed by atoms with Gasteiger partial charge in [-0.2, -0.15) is 0 Å². The Bertz CT molecular complexity index is 430. The number of hydrogen-bond donors (Lipinski definition) is 2. The molecule has 0 atom stereocenters. The van der Waals surface area contributed by atoms with Gasteiger partial charge in [-0.15, -0.1) is 0 Å². The van der Waals surface area contributed by atoms with Crippen LogP contribution >= 0.6 is 0 Å². The van der Waals surface area contributed by atoms with Gasteiger partial charge in [0.15, 0.2) is 5.96 Å². The average molecular weight is 294 g/mol. The van der Waals surface area contributed by atoms with E-state index in [9.17, 15) is 4.39 Å². The van der Waals surface area contributed by atoms with Crippen LogP contribution in [0.2, 0.25) is 0 Å². The molecule has 0 aliphatic rings. The summed E-state index contributed by atoms with van der Waals surface area (Å²) in [6.45, 7) is 9.03. The van der Waals surface area contributed by atoms with Crippen molar-refractivity contribution in [2.45, 2.75) is 20.3 Å². The van der Waals surface area contributed by atoms with E-state index >= 15 is 0 Å². The Morgan fingerprint density at radius 2 is 1.90 bits per heavy atom. The van der Waals surface area contributed by atoms with E-state index in [0.29, 0.717) is 0 Å². The van der Waals surface area contributed by atoms with Crippen LogP contribution in [0.4, 0.5) is 4.39 Å². The molecule has 0 aromatic heterocycles. The minimum absolute atomic E-state index is 0.186. The van der Waals surface area contributed by atoms with Crippen molar-refractivity contribution in [2.24, 2.45) is 4.99 Å². The van der Waals surface area contributed by atoms with Crippen LogP contribution in [-0.4, -0.2) is 50.6 Å². The summed E-state index contributed by atoms with van der Waals surface area (Å²) < 4.78 is 13.1. The second-order valence-corrected chi connectivity index (χ2v) is 4.83. The van der Waals surface area contributed by atoms with Crippen LogP contribution in [0.25, 0.3) is 0 Å². The van der Waals surface area contributed by atoms with E-state index in [1.54, 1.807) is 19.2 Å². The van der Waals surface area contributed by atoms with Crippen LogP contribution in [0, 0.1) is 5.82 Å². The third-order valence-corrected chi connectivity index (χ3v) is 3.43. The molecule has 0 heterocycles. The number of nitrogens with zero attached hydrogens (tertiary/aromatic N) is 2. The molecule has 0 bridgehead atoms. The zero-order valence-corrected chi connectivity index (χ0v) is 13.3. The van der Waals surface area contributed by atoms with Crippen molar-refractivity contribution >= 4 is 5.96 Å². The first-order chi connectivity index (χ1) is 10.2. The first-order valence-electron chi connectivity index (χ1n) is 7.60. The fourth-order valence-electron chi connectivity index (χ4n) is 2.11. The maximum absolute atomic E-state index is 13.1. The summed E-state index contributed by atoms with van der Waals surface area (Å²) in [6.07, 6.45) is 0.772. The van der Waals surface area contributed by atoms with E-state index in [4.69, 9.17) is 0 Å². The molecule has 0 saturated carbocycles. The Morgan fingerprint density at radius 3 is 2.52 bits per heavy atom. The van der Waals surface area contributed by atoms with Crippen LogP contribution in [0.3, 0.4) is 0 Å². The Morgan fingerprint density at radius 1 is 1.19 bits per heavy atom. The molecular weight excluding hydrogens is 267 g/mol. The molecule has 0 aliphatic carbocycles. The van der Waals surface area contributed by atoms with Gasteiger partial charge in [0.2, 0.25) is 0 Å². The molecule has 0 spiro atoms. The third-order valence-electron chi connectivity index (χ3n) is 3.43. The minimum Gasteiger partial charge on any atom is -0.356 e. The zero-order valence-electron chi connectivity index (χ0n) is 13.3. The first-order valence-corrected chi connectivity index (χ1v) is 7.60. The van der Waals surface area contributed by atoms with E-state index in [1.165, 1.54) is 6.07 Å². The fourth-order valence-corrected chi connectivity index (χ4v) is 2.11. The van der Waals surface area contributed by atoms with Crippen molar-refractivity contribution in [2.75, 3.05) is 39.8 Å². The van der Waals surface area contributed by atoms with Crippen molar-refractivity contribution < 1.29 is 4.39 Å². The number of hydrogen-bond acceptors (Lipinski definition) is 2. The Balaban J connectivity index is 2.25. The van der Waals surface area contributed by atoms with Gasteiger partial charge in [0.05, 0.1) is 0 Å². The number of rotatable bonds is 8. The summed E-state index contributed by atoms with van der Waals surface area (Å²) in [5, 5.41) is 6.53. The third kappa shape index (κ3) is 7.09. The summed E-state index contributed by atoms with van der Waals surface area (Å²) in [7, 11) is 1.76. The van der Waals surface area contributed by atoms with E-state index < -0.39 is 0 Å². The number of benzene rings is 1. The van der Waals surface area contributed by atoms with Gasteiger partial charge in [0.25, 0.3) is 0 Å². The number of likely N-dealkylation sites (N-methyl/N-ethyl adjacent to an activating group) is 1. The summed E-state index contributed by atoms with van der Waals surface area (Å²) in [5.41, 5.74) is 0.987. The largest absolute Gasteiger partial charge is 0.356 e. The molecule has 0 aliphatic heterocycles. The van der Waals surface area contributed by atoms with Gasteiger partial charge in [0.1, 0.15) is 5.82 Å². The van der Waals surface area contributed by atoms with Crippen LogP contribution in [0.15, 0.2) is 29.3 Å². The normalized spacial score (nSPS) is 11.8. The van der Waals surface area contributed by atoms with Gasteiger partial charge in [0, 0.05) is 26.7 Å². The molecule has 0 unspecified atom stereocenters. The van der Waals surface area contributed by atoms with Gasteiger partial charge < -0.3 is 15.5 Å². The molecule has 5 heteroatoms. The minimum atomic E-state index is -0.186. The monoisotopic (exact) mass is 294 g/mol. The Kier molecular flexibility index (Phi) is 8.43. The Hall–Kier alpha value is -1.62. The van der Waals surface area contributed by atoms with Crippen LogP contribution in [-0.2, 0) is 6.42 Å². The van der Waals surface area contributed by atoms with E-state index in [-0.39, 0.29) is 5.82 Å². The topological polar surface area (TPSA) is 39.7 Å². The number of halogens is 1. The predicted octanol–water partition coefficient (Wildman–Crippen LogP) is 1.88. The van der Waals surface area contributed by atoms with Crippen molar-refractivity contribution in [3.05, 3.63) is 35.6 Å². The maximum Gasteiger partial charge on any atom is 0.191 e. The molecule has 4 nitrogen and oxygen atoms in total. The second-order valence-electron chi connectivity index (χ2n) is 4.83. The number of aliphatic imine (C=N–C) groups is 1. The molecule has 0 fully saturated rings. The summed E-state index contributed by atoms with van der Waals surface area (Å²) in [6, 6.07) is 6.70. The second kappa shape index (κ2) is 10.2. The lowest BCUT2D eigenvalue weighted by Gasteiger charge is -2.19. The fraction of sp³-hybridized carbons (Fsp3) is 0.562. The SMILES string of the molecule is CCN(CC)CCNC(=NC)NCCc1cccc(F)c1. The van der Waals surface area contributed by atoms with Crippen LogP contribution in [0.5, 0.6) is 0 Å². The zero-order chi connectivity index (χ0) is 15.5. The lowest BCUT2D eigenvalue weighted by Crippen LogP contribution is -2.42. The van der Waals surface area contributed by atoms with Gasteiger partial charge in [-0.05, 0) is 37.2 Å². The molecule has 2 N–H and O–H groups in total. The van der Waals surface area contributed by atoms with Gasteiger partial charge in [-0.25, -0.2) is 4.39 Å². The molecule has 1 aromatic rings. The molecule has 1 rings (SSSR count). The molecule has 0 amide bonds. The van der Waals surface area contributed by atoms with Crippen molar-refractivity contribution in [1.29, 1.82) is 0 Å². The molecular formula is C16H27FN4. The molecule has 0 saturated heterocycles. The summed E-state index contributed by atoms with van der Waals surface area (Å²) in [5.74, 6) is 0.604. The van der Waals surface area contributed by atoms with Crippen molar-refractivity contribution in [1.82, 2.24) is 15.5 Å². The standard InChI is InChI=1S/C16H27FN4/c1-4-21(5-2)12-11-20-16(18-3)19-10-9-14-7-6-8-15(17)13-14/h6-8,13H,4-5,9-12H2,1-3H3,(H2,18,19,20). The highest BCUT2D eigenvalue weighted by molar-refractivity contribution is 5.79. The highest BCUT2D eigenvalue weighted by atomic mass is 19.1. The first kappa shape index (κ1) is 17.4. The van der Waals surface area contributed by atoms with Crippen molar-refractivity contribution in [3.63, 3.8) is 0 Å². The lowest BCUT2D eigenvalue weighted by molar-refractivity contribution is 0.308. The van der Waals surface area contributed by atoms with Gasteiger partial charge >= 0.3 is 0 Å². The molecule has 0 radical (unpaired) electrons. The highest BCUT2D eigenvalue weighted by Crippen LogP contribution is 2.03. The number of guanidine groups is 1. The van der Waals surface area contributed by atoms with Crippen LogP contribution < -0.4 is 10.6 Å². The summed E-state index contributed by atoms with van der Waals surface area (Å²) in [4.78, 5) is 6.54. The van der Waals surface area contributed by atoms with Crippen LogP contribution in [0.1, 0.15) is 19.4 Å². The average Bonchev–Trinajstić information content (AvgIpc) is 2.50. The quantitative estimate of drug-likeness (QED) is 0.568. The smallest absolute Gasteiger partial charge is 0.191 e. The predicted molar refractivity (Wildman–Crippen MR) is 87.3 cm³/mol. The maximum atomic E-state index is 13.1. The van der Waals surface area contributed by atoms with Gasteiger partial charge in [-0.1, -0.05) is 26.0 Å². The molecule has 1 aromatic carbocycles. The molecule has 118 valence electrons. The molecule has 21 heavy (non-hydrogen) atoms. The van der Waals surface area contributed by atoms with Crippen molar-refractivity contribution in [3.8, 4) is 0 Å². The summed E-state index contributed by atoms with van der Waals surface area (Å²) >= 11 is 0. The van der Waals surface area contributed by atoms with E-state index in [0.717, 1.165) is 50.7 Å². The lowest BCUT2D eigenvalue weighted by atomic mass is 10.1. The number of nitrogens with one attached hydrogen (secondary N) is 2.